The van der Waals surface area contributed by atoms with Gasteiger partial charge < -0.3 is 10.1 Å². The minimum absolute atomic E-state index is 0.0386. The van der Waals surface area contributed by atoms with Crippen molar-refractivity contribution < 1.29 is 22.9 Å². The van der Waals surface area contributed by atoms with Crippen molar-refractivity contribution in [2.45, 2.75) is 19.5 Å². The van der Waals surface area contributed by atoms with Crippen molar-refractivity contribution in [1.82, 2.24) is 5.32 Å². The van der Waals surface area contributed by atoms with E-state index in [1.807, 2.05) is 0 Å². The Labute approximate surface area is 163 Å². The number of rotatable bonds is 8. The maximum Gasteiger partial charge on any atom is 0.271 e. The molecule has 28 heavy (non-hydrogen) atoms. The van der Waals surface area contributed by atoms with E-state index in [4.69, 9.17) is 4.74 Å². The first-order valence-electron chi connectivity index (χ1n) is 8.28. The average Bonchev–Trinajstić information content (AvgIpc) is 2.65. The van der Waals surface area contributed by atoms with Crippen LogP contribution in [0.5, 0.6) is 5.75 Å². The maximum absolute atomic E-state index is 12.6. The number of non-ortho nitro benzene ring substituents is 1. The van der Waals surface area contributed by atoms with Crippen molar-refractivity contribution in [3.8, 4) is 5.75 Å². The largest absolute Gasteiger partial charge is 0.496 e. The molecule has 0 saturated heterocycles. The molecule has 2 aromatic rings. The van der Waals surface area contributed by atoms with Gasteiger partial charge in [0.2, 0.25) is 15.9 Å². The number of sulfonamides is 1. The number of nitrogens with one attached hydrogen (secondary N) is 1. The van der Waals surface area contributed by atoms with Crippen molar-refractivity contribution in [1.29, 1.82) is 0 Å². The van der Waals surface area contributed by atoms with Gasteiger partial charge >= 0.3 is 0 Å². The van der Waals surface area contributed by atoms with Gasteiger partial charge in [-0.05, 0) is 19.1 Å². The van der Waals surface area contributed by atoms with Crippen LogP contribution >= 0.6 is 0 Å². The molecule has 1 amide bonds. The number of carbonyl (C=O) groups is 1. The summed E-state index contributed by atoms with van der Waals surface area (Å²) in [5, 5.41) is 13.7. The van der Waals surface area contributed by atoms with E-state index in [0.29, 0.717) is 5.75 Å². The van der Waals surface area contributed by atoms with Crippen LogP contribution in [0.2, 0.25) is 0 Å². The fourth-order valence-corrected chi connectivity index (χ4v) is 3.90. The molecule has 1 N–H and O–H groups in total. The Kier molecular flexibility index (Phi) is 6.57. The van der Waals surface area contributed by atoms with Crippen LogP contribution in [0, 0.1) is 10.1 Å². The first kappa shape index (κ1) is 21.2. The summed E-state index contributed by atoms with van der Waals surface area (Å²) in [5.41, 5.74) is 0.497. The molecule has 0 radical (unpaired) electrons. The number of hydrogen-bond donors (Lipinski definition) is 1. The van der Waals surface area contributed by atoms with E-state index in [2.05, 4.69) is 5.32 Å². The summed E-state index contributed by atoms with van der Waals surface area (Å²) in [7, 11) is -2.36. The Balaban J connectivity index is 2.26. The van der Waals surface area contributed by atoms with Gasteiger partial charge in [-0.15, -0.1) is 0 Å². The van der Waals surface area contributed by atoms with Crippen molar-refractivity contribution in [3.05, 3.63) is 64.2 Å². The first-order chi connectivity index (χ1) is 13.1. The van der Waals surface area contributed by atoms with Gasteiger partial charge in [0.1, 0.15) is 11.8 Å². The van der Waals surface area contributed by atoms with E-state index in [-0.39, 0.29) is 17.9 Å². The zero-order chi connectivity index (χ0) is 20.9. The molecule has 0 fully saturated rings. The zero-order valence-electron chi connectivity index (χ0n) is 15.7. The van der Waals surface area contributed by atoms with E-state index < -0.39 is 26.9 Å². The van der Waals surface area contributed by atoms with Crippen molar-refractivity contribution in [3.63, 3.8) is 0 Å². The van der Waals surface area contributed by atoms with Gasteiger partial charge in [0, 0.05) is 24.2 Å². The zero-order valence-corrected chi connectivity index (χ0v) is 16.5. The van der Waals surface area contributed by atoms with Gasteiger partial charge in [-0.2, -0.15) is 0 Å². The first-order valence-corrected chi connectivity index (χ1v) is 10.1. The summed E-state index contributed by atoms with van der Waals surface area (Å²) in [5.74, 6) is 0.0388. The standard InChI is InChI=1S/C18H21N3O6S/c1-13(18(22)19-12-14-7-4-5-10-17(14)27-2)20(28(3,25)26)15-8-6-9-16(11-15)21(23)24/h4-11,13H,12H2,1-3H3,(H,19,22)/t13-/m1/s1. The van der Waals surface area contributed by atoms with Crippen LogP contribution in [0.25, 0.3) is 0 Å². The predicted molar refractivity (Wildman–Crippen MR) is 105 cm³/mol. The van der Waals surface area contributed by atoms with E-state index in [1.165, 1.54) is 32.2 Å². The van der Waals surface area contributed by atoms with Crippen molar-refractivity contribution in [2.24, 2.45) is 0 Å². The molecule has 0 aromatic heterocycles. The van der Waals surface area contributed by atoms with Crippen LogP contribution in [-0.4, -0.2) is 38.7 Å². The Morgan fingerprint density at radius 3 is 2.54 bits per heavy atom. The molecular weight excluding hydrogens is 386 g/mol. The molecule has 0 spiro atoms. The number of nitro benzene ring substituents is 1. The number of hydrogen-bond acceptors (Lipinski definition) is 6. The van der Waals surface area contributed by atoms with E-state index in [9.17, 15) is 23.3 Å². The van der Waals surface area contributed by atoms with Gasteiger partial charge in [-0.3, -0.25) is 19.2 Å². The highest BCUT2D eigenvalue weighted by Gasteiger charge is 2.30. The Morgan fingerprint density at radius 2 is 1.93 bits per heavy atom. The summed E-state index contributed by atoms with van der Waals surface area (Å²) in [6.45, 7) is 1.55. The highest BCUT2D eigenvalue weighted by Crippen LogP contribution is 2.25. The van der Waals surface area contributed by atoms with Crippen LogP contribution in [0.15, 0.2) is 48.5 Å². The quantitative estimate of drug-likeness (QED) is 0.529. The van der Waals surface area contributed by atoms with Gasteiger partial charge in [-0.25, -0.2) is 8.42 Å². The van der Waals surface area contributed by atoms with E-state index in [1.54, 1.807) is 24.3 Å². The Bertz CT molecular complexity index is 977. The van der Waals surface area contributed by atoms with Gasteiger partial charge in [0.15, 0.2) is 0 Å². The second kappa shape index (κ2) is 8.70. The smallest absolute Gasteiger partial charge is 0.271 e. The fraction of sp³-hybridized carbons (Fsp3) is 0.278. The number of ether oxygens (including phenoxy) is 1. The topological polar surface area (TPSA) is 119 Å². The summed E-state index contributed by atoms with van der Waals surface area (Å²) in [6, 6.07) is 11.1. The molecule has 9 nitrogen and oxygen atoms in total. The fourth-order valence-electron chi connectivity index (χ4n) is 2.73. The highest BCUT2D eigenvalue weighted by atomic mass is 32.2. The molecule has 0 aliphatic rings. The Hall–Kier alpha value is -3.14. The molecule has 0 heterocycles. The van der Waals surface area contributed by atoms with Crippen LogP contribution < -0.4 is 14.4 Å². The highest BCUT2D eigenvalue weighted by molar-refractivity contribution is 7.92. The lowest BCUT2D eigenvalue weighted by Gasteiger charge is -2.28. The van der Waals surface area contributed by atoms with Crippen molar-refractivity contribution >= 4 is 27.3 Å². The van der Waals surface area contributed by atoms with Gasteiger partial charge in [0.25, 0.3) is 5.69 Å². The number of nitrogens with zero attached hydrogens (tertiary/aromatic N) is 2. The van der Waals surface area contributed by atoms with Gasteiger partial charge in [-0.1, -0.05) is 24.3 Å². The van der Waals surface area contributed by atoms with Gasteiger partial charge in [0.05, 0.1) is 24.0 Å². The summed E-state index contributed by atoms with van der Waals surface area (Å²) >= 11 is 0. The summed E-state index contributed by atoms with van der Waals surface area (Å²) in [6.07, 6.45) is 0.940. The SMILES string of the molecule is COc1ccccc1CNC(=O)[C@@H](C)N(c1cccc([N+](=O)[O-])c1)S(C)(=O)=O. The van der Waals surface area contributed by atoms with Crippen LogP contribution in [0.3, 0.4) is 0 Å². The number of carbonyl (C=O) groups excluding carboxylic acids is 1. The molecule has 2 aromatic carbocycles. The predicted octanol–water partition coefficient (Wildman–Crippen LogP) is 2.07. The normalized spacial score (nSPS) is 12.1. The minimum atomic E-state index is -3.88. The number of benzene rings is 2. The minimum Gasteiger partial charge on any atom is -0.496 e. The molecule has 1 atom stereocenters. The van der Waals surface area contributed by atoms with Crippen LogP contribution in [-0.2, 0) is 21.4 Å². The maximum atomic E-state index is 12.6. The number of para-hydroxylation sites is 1. The molecule has 0 aliphatic carbocycles. The lowest BCUT2D eigenvalue weighted by molar-refractivity contribution is -0.384. The van der Waals surface area contributed by atoms with Crippen molar-refractivity contribution in [2.75, 3.05) is 17.7 Å². The van der Waals surface area contributed by atoms with Crippen LogP contribution in [0.4, 0.5) is 11.4 Å². The molecule has 10 heteroatoms. The number of nitro groups is 1. The lowest BCUT2D eigenvalue weighted by Crippen LogP contribution is -2.47. The third-order valence-electron chi connectivity index (χ3n) is 4.03. The second-order valence-electron chi connectivity index (χ2n) is 6.04. The average molecular weight is 407 g/mol. The summed E-state index contributed by atoms with van der Waals surface area (Å²) in [4.78, 5) is 23.0. The van der Waals surface area contributed by atoms with E-state index in [0.717, 1.165) is 22.2 Å². The molecular formula is C18H21N3O6S. The summed E-state index contributed by atoms with van der Waals surface area (Å²) < 4.78 is 30.7. The molecule has 0 saturated carbocycles. The molecule has 150 valence electrons. The van der Waals surface area contributed by atoms with E-state index >= 15 is 0 Å². The number of methoxy groups -OCH3 is 1. The number of anilines is 1. The molecule has 0 aliphatic heterocycles. The third-order valence-corrected chi connectivity index (χ3v) is 5.27. The monoisotopic (exact) mass is 407 g/mol. The van der Waals surface area contributed by atoms with Crippen LogP contribution in [0.1, 0.15) is 12.5 Å². The molecule has 2 rings (SSSR count). The number of amides is 1. The lowest BCUT2D eigenvalue weighted by atomic mass is 10.2. The second-order valence-corrected chi connectivity index (χ2v) is 7.90. The molecule has 0 unspecified atom stereocenters. The molecule has 0 bridgehead atoms. The Morgan fingerprint density at radius 1 is 1.25 bits per heavy atom. The third kappa shape index (κ3) is 4.97.